The van der Waals surface area contributed by atoms with E-state index in [0.717, 1.165) is 5.69 Å². The minimum absolute atomic E-state index is 0.121. The molecule has 2 saturated heterocycles. The molecule has 4 rings (SSSR count). The Morgan fingerprint density at radius 2 is 1.93 bits per heavy atom. The molecule has 2 fully saturated rings. The van der Waals surface area contributed by atoms with Gasteiger partial charge in [0, 0.05) is 11.4 Å². The second kappa shape index (κ2) is 7.69. The fraction of sp³-hybridized carbons (Fsp3) is 0.278. The zero-order valence-electron chi connectivity index (χ0n) is 14.7. The summed E-state index contributed by atoms with van der Waals surface area (Å²) in [6, 6.07) is 10.7. The summed E-state index contributed by atoms with van der Waals surface area (Å²) in [5.74, 6) is -0.244. The first-order valence-corrected chi connectivity index (χ1v) is 9.81. The van der Waals surface area contributed by atoms with Gasteiger partial charge in [0.2, 0.25) is 0 Å². The lowest BCUT2D eigenvalue weighted by molar-refractivity contribution is 0.0920. The molecular weight excluding hydrogens is 404 g/mol. The molecule has 2 amide bonds. The van der Waals surface area contributed by atoms with E-state index in [1.165, 1.54) is 16.2 Å². The van der Waals surface area contributed by atoms with Crippen LogP contribution < -0.4 is 15.1 Å². The molecule has 0 spiro atoms. The van der Waals surface area contributed by atoms with Gasteiger partial charge in [-0.3, -0.25) is 20.0 Å². The van der Waals surface area contributed by atoms with Gasteiger partial charge in [-0.15, -0.1) is 11.3 Å². The van der Waals surface area contributed by atoms with Crippen LogP contribution in [0.1, 0.15) is 9.67 Å². The van der Waals surface area contributed by atoms with Gasteiger partial charge >= 0.3 is 6.09 Å². The molecule has 0 bridgehead atoms. The van der Waals surface area contributed by atoms with Crippen molar-refractivity contribution in [2.24, 2.45) is 0 Å². The lowest BCUT2D eigenvalue weighted by Crippen LogP contribution is -2.34. The number of cyclic esters (lactones) is 1. The van der Waals surface area contributed by atoms with Crippen LogP contribution in [0.5, 0.6) is 0 Å². The molecule has 1 aromatic carbocycles. The van der Waals surface area contributed by atoms with Crippen molar-refractivity contribution < 1.29 is 19.1 Å². The summed E-state index contributed by atoms with van der Waals surface area (Å²) in [7, 11) is 0. The molecule has 0 radical (unpaired) electrons. The van der Waals surface area contributed by atoms with Crippen molar-refractivity contribution in [3.05, 3.63) is 45.6 Å². The van der Waals surface area contributed by atoms with Gasteiger partial charge in [0.25, 0.3) is 11.9 Å². The van der Waals surface area contributed by atoms with Gasteiger partial charge in [0.05, 0.1) is 28.8 Å². The first kappa shape index (κ1) is 18.6. The molecule has 2 aliphatic heterocycles. The Hall–Kier alpha value is -2.78. The van der Waals surface area contributed by atoms with E-state index in [9.17, 15) is 9.59 Å². The zero-order chi connectivity index (χ0) is 19.7. The maximum Gasteiger partial charge on any atom is 0.414 e. The van der Waals surface area contributed by atoms with Crippen LogP contribution in [0.4, 0.5) is 16.2 Å². The van der Waals surface area contributed by atoms with Gasteiger partial charge < -0.3 is 14.8 Å². The minimum Gasteiger partial charge on any atom is -0.463 e. The van der Waals surface area contributed by atoms with Crippen molar-refractivity contribution in [3.8, 4) is 0 Å². The lowest BCUT2D eigenvalue weighted by Gasteiger charge is -2.17. The van der Waals surface area contributed by atoms with Crippen molar-refractivity contribution in [2.45, 2.75) is 6.10 Å². The number of carbonyl (C=O) groups excluding carboxylic acids is 2. The highest BCUT2D eigenvalue weighted by Gasteiger charge is 2.33. The van der Waals surface area contributed by atoms with Crippen LogP contribution in [0.3, 0.4) is 0 Å². The Bertz CT molecular complexity index is 917. The summed E-state index contributed by atoms with van der Waals surface area (Å²) < 4.78 is 11.0. The highest BCUT2D eigenvalue weighted by molar-refractivity contribution is 7.18. The molecule has 0 aliphatic carbocycles. The van der Waals surface area contributed by atoms with Crippen molar-refractivity contribution in [2.75, 3.05) is 36.0 Å². The summed E-state index contributed by atoms with van der Waals surface area (Å²) in [6.07, 6.45) is -0.893. The number of amides is 2. The topological polar surface area (TPSA) is 95.0 Å². The van der Waals surface area contributed by atoms with Gasteiger partial charge in [-0.25, -0.2) is 4.79 Å². The van der Waals surface area contributed by atoms with E-state index in [1.54, 1.807) is 29.2 Å². The zero-order valence-corrected chi connectivity index (χ0v) is 16.3. The molecule has 1 atom stereocenters. The number of carbonyl (C=O) groups is 2. The molecule has 2 aromatic rings. The summed E-state index contributed by atoms with van der Waals surface area (Å²) in [5, 5.41) is 10.5. The molecule has 10 heteroatoms. The largest absolute Gasteiger partial charge is 0.463 e. The fourth-order valence-corrected chi connectivity index (χ4v) is 4.00. The third kappa shape index (κ3) is 3.76. The van der Waals surface area contributed by atoms with E-state index in [0.29, 0.717) is 34.6 Å². The summed E-state index contributed by atoms with van der Waals surface area (Å²) in [5.41, 5.74) is 1.52. The van der Waals surface area contributed by atoms with E-state index in [4.69, 9.17) is 26.5 Å². The van der Waals surface area contributed by atoms with Gasteiger partial charge in [-0.2, -0.15) is 0 Å². The van der Waals surface area contributed by atoms with Gasteiger partial charge in [0.15, 0.2) is 0 Å². The number of hydrogen-bond acceptors (Lipinski definition) is 6. The van der Waals surface area contributed by atoms with Crippen LogP contribution in [-0.4, -0.2) is 50.4 Å². The Morgan fingerprint density at radius 3 is 2.54 bits per heavy atom. The Morgan fingerprint density at radius 1 is 1.21 bits per heavy atom. The van der Waals surface area contributed by atoms with Crippen molar-refractivity contribution >= 4 is 52.3 Å². The second-order valence-corrected chi connectivity index (χ2v) is 7.97. The average molecular weight is 421 g/mol. The average Bonchev–Trinajstić information content (AvgIpc) is 3.40. The van der Waals surface area contributed by atoms with E-state index in [2.05, 4.69) is 5.32 Å². The van der Waals surface area contributed by atoms with Crippen molar-refractivity contribution in [1.29, 1.82) is 5.41 Å². The van der Waals surface area contributed by atoms with Crippen molar-refractivity contribution in [1.82, 2.24) is 5.32 Å². The van der Waals surface area contributed by atoms with Crippen LogP contribution in [-0.2, 0) is 9.47 Å². The van der Waals surface area contributed by atoms with Gasteiger partial charge in [0.1, 0.15) is 12.7 Å². The number of rotatable bonds is 5. The van der Waals surface area contributed by atoms with Crippen molar-refractivity contribution in [3.63, 3.8) is 0 Å². The molecule has 2 aliphatic rings. The first-order chi connectivity index (χ1) is 13.5. The second-order valence-electron chi connectivity index (χ2n) is 6.25. The summed E-state index contributed by atoms with van der Waals surface area (Å²) >= 11 is 7.03. The van der Waals surface area contributed by atoms with Gasteiger partial charge in [-0.05, 0) is 36.4 Å². The monoisotopic (exact) mass is 420 g/mol. The third-order valence-corrected chi connectivity index (χ3v) is 5.66. The Kier molecular flexibility index (Phi) is 5.10. The maximum absolute atomic E-state index is 12.2. The number of amidine groups is 1. The highest BCUT2D eigenvalue weighted by atomic mass is 35.5. The van der Waals surface area contributed by atoms with Crippen LogP contribution in [0.2, 0.25) is 4.34 Å². The number of halogens is 1. The third-order valence-electron chi connectivity index (χ3n) is 4.43. The van der Waals surface area contributed by atoms with Crippen LogP contribution in [0, 0.1) is 5.41 Å². The number of thiophene rings is 1. The van der Waals surface area contributed by atoms with E-state index >= 15 is 0 Å². The molecule has 3 heterocycles. The molecule has 2 N–H and O–H groups in total. The number of nitrogens with zero attached hydrogens (tertiary/aromatic N) is 2. The number of anilines is 2. The minimum atomic E-state index is -0.455. The Labute approximate surface area is 170 Å². The standard InChI is InChI=1S/C18H17ClN4O4S/c19-15-6-5-14(28-15)16(24)21-9-13-10-23(18(25)27-13)12-3-1-11(2-4-12)22-7-8-26-17(22)20/h1-6,13,20H,7-10H2,(H,21,24)/t13-/m0/s1. The number of nitrogens with one attached hydrogen (secondary N) is 2. The molecule has 8 nitrogen and oxygen atoms in total. The van der Waals surface area contributed by atoms with Crippen LogP contribution in [0.25, 0.3) is 0 Å². The SMILES string of the molecule is N=C1OCCN1c1ccc(N2C[C@H](CNC(=O)c3ccc(Cl)s3)OC2=O)cc1. The van der Waals surface area contributed by atoms with Crippen LogP contribution in [0.15, 0.2) is 36.4 Å². The summed E-state index contributed by atoms with van der Waals surface area (Å²) in [4.78, 5) is 28.1. The molecular formula is C18H17ClN4O4S. The molecule has 1 aromatic heterocycles. The normalized spacial score (nSPS) is 19.0. The predicted molar refractivity (Wildman–Crippen MR) is 107 cm³/mol. The summed E-state index contributed by atoms with van der Waals surface area (Å²) in [6.45, 7) is 1.68. The number of ether oxygens (including phenoxy) is 2. The fourth-order valence-electron chi connectivity index (χ4n) is 3.04. The smallest absolute Gasteiger partial charge is 0.414 e. The van der Waals surface area contributed by atoms with Gasteiger partial charge in [-0.1, -0.05) is 11.6 Å². The number of benzene rings is 1. The van der Waals surface area contributed by atoms with E-state index < -0.39 is 12.2 Å². The van der Waals surface area contributed by atoms with E-state index in [-0.39, 0.29) is 18.5 Å². The molecule has 146 valence electrons. The quantitative estimate of drug-likeness (QED) is 0.775. The Balaban J connectivity index is 1.35. The lowest BCUT2D eigenvalue weighted by atomic mass is 10.2. The molecule has 0 unspecified atom stereocenters. The molecule has 0 saturated carbocycles. The number of hydrogen-bond donors (Lipinski definition) is 2. The highest BCUT2D eigenvalue weighted by Crippen LogP contribution is 2.26. The predicted octanol–water partition coefficient (Wildman–Crippen LogP) is 2.93. The first-order valence-electron chi connectivity index (χ1n) is 8.62. The maximum atomic E-state index is 12.2. The van der Waals surface area contributed by atoms with Crippen LogP contribution >= 0.6 is 22.9 Å². The van der Waals surface area contributed by atoms with E-state index in [1.807, 2.05) is 12.1 Å². The molecule has 28 heavy (non-hydrogen) atoms.